The van der Waals surface area contributed by atoms with Crippen molar-refractivity contribution < 1.29 is 22.6 Å². The molecule has 1 fully saturated rings. The van der Waals surface area contributed by atoms with Gasteiger partial charge in [-0.05, 0) is 42.0 Å². The van der Waals surface area contributed by atoms with Gasteiger partial charge in [-0.15, -0.1) is 18.3 Å². The van der Waals surface area contributed by atoms with E-state index in [1.807, 2.05) is 36.4 Å². The number of thioether (sulfide) groups is 1. The second-order valence-corrected chi connectivity index (χ2v) is 8.81. The van der Waals surface area contributed by atoms with Crippen LogP contribution >= 0.6 is 11.8 Å². The van der Waals surface area contributed by atoms with E-state index in [1.54, 1.807) is 37.2 Å². The molecule has 0 atom stereocenters. The minimum Gasteiger partial charge on any atom is -0.497 e. The Morgan fingerprint density at radius 3 is 2.50 bits per heavy atom. The van der Waals surface area contributed by atoms with E-state index in [2.05, 4.69) is 29.8 Å². The first kappa shape index (κ1) is 26.7. The third-order valence-electron chi connectivity index (χ3n) is 5.17. The molecule has 1 heterocycles. The predicted octanol–water partition coefficient (Wildman–Crippen LogP) is 5.60. The first-order valence-electron chi connectivity index (χ1n) is 11.3. The van der Waals surface area contributed by atoms with E-state index in [0.29, 0.717) is 11.3 Å². The van der Waals surface area contributed by atoms with Gasteiger partial charge in [0.2, 0.25) is 0 Å². The summed E-state index contributed by atoms with van der Waals surface area (Å²) in [6.45, 7) is 0.834. The largest absolute Gasteiger partial charge is 0.573 e. The zero-order valence-corrected chi connectivity index (χ0v) is 21.0. The summed E-state index contributed by atoms with van der Waals surface area (Å²) in [6, 6.07) is 20.1. The van der Waals surface area contributed by atoms with Gasteiger partial charge in [0, 0.05) is 29.6 Å². The van der Waals surface area contributed by atoms with E-state index < -0.39 is 6.36 Å². The Morgan fingerprint density at radius 1 is 1.03 bits per heavy atom. The summed E-state index contributed by atoms with van der Waals surface area (Å²) in [5.74, 6) is 1.60. The Kier molecular flexibility index (Phi) is 8.64. The summed E-state index contributed by atoms with van der Waals surface area (Å²) in [5, 5.41) is 9.44. The minimum absolute atomic E-state index is 0.228. The van der Waals surface area contributed by atoms with Gasteiger partial charge in [0.05, 0.1) is 19.0 Å². The number of amidine groups is 2. The Labute approximate surface area is 221 Å². The van der Waals surface area contributed by atoms with E-state index in [1.165, 1.54) is 30.6 Å². The zero-order chi connectivity index (χ0) is 27.0. The average molecular weight is 541 g/mol. The number of hydrogen-bond acceptors (Lipinski definition) is 6. The van der Waals surface area contributed by atoms with Crippen molar-refractivity contribution in [1.29, 1.82) is 0 Å². The number of anilines is 1. The molecule has 2 N–H and O–H groups in total. The number of ether oxygens (including phenoxy) is 2. The number of aliphatic imine (C=N–C) groups is 2. The number of halogens is 3. The Balaban J connectivity index is 1.35. The van der Waals surface area contributed by atoms with Crippen LogP contribution in [-0.2, 0) is 0 Å². The van der Waals surface area contributed by atoms with Gasteiger partial charge in [-0.1, -0.05) is 42.1 Å². The van der Waals surface area contributed by atoms with Crippen LogP contribution in [0.3, 0.4) is 0 Å². The Bertz CT molecular complexity index is 1360. The summed E-state index contributed by atoms with van der Waals surface area (Å²) in [6.07, 6.45) is -1.86. The molecule has 1 aliphatic rings. The monoisotopic (exact) mass is 540 g/mol. The third kappa shape index (κ3) is 7.59. The van der Waals surface area contributed by atoms with E-state index in [0.717, 1.165) is 34.5 Å². The molecule has 0 unspecified atom stereocenters. The van der Waals surface area contributed by atoms with Crippen LogP contribution in [0, 0.1) is 0 Å². The summed E-state index contributed by atoms with van der Waals surface area (Å²) in [4.78, 5) is 10.2. The lowest BCUT2D eigenvalue weighted by atomic mass is 10.1. The van der Waals surface area contributed by atoms with E-state index in [9.17, 15) is 13.2 Å². The smallest absolute Gasteiger partial charge is 0.497 e. The maximum atomic E-state index is 12.2. The lowest BCUT2D eigenvalue weighted by molar-refractivity contribution is -0.274. The SMILES string of the molecule is COc1cccc(N2CCS/C2=N\N=C\c2ccc(C(N)=NC=Nc3ccc(OC(F)(F)F)cc3)cc2)c1. The van der Waals surface area contributed by atoms with Gasteiger partial charge < -0.3 is 20.1 Å². The molecule has 0 radical (unpaired) electrons. The van der Waals surface area contributed by atoms with Crippen LogP contribution in [0.5, 0.6) is 11.5 Å². The molecule has 4 rings (SSSR count). The number of nitrogens with two attached hydrogens (primary N) is 1. The molecule has 3 aromatic carbocycles. The zero-order valence-electron chi connectivity index (χ0n) is 20.2. The molecule has 1 aliphatic heterocycles. The van der Waals surface area contributed by atoms with Crippen molar-refractivity contribution in [1.82, 2.24) is 0 Å². The number of rotatable bonds is 8. The highest BCUT2D eigenvalue weighted by Gasteiger charge is 2.30. The fraction of sp³-hybridized carbons (Fsp3) is 0.154. The van der Waals surface area contributed by atoms with Gasteiger partial charge in [0.25, 0.3) is 0 Å². The van der Waals surface area contributed by atoms with Crippen molar-refractivity contribution in [3.05, 3.63) is 83.9 Å². The van der Waals surface area contributed by atoms with Crippen molar-refractivity contribution in [2.45, 2.75) is 6.36 Å². The van der Waals surface area contributed by atoms with Crippen LogP contribution in [0.1, 0.15) is 11.1 Å². The highest BCUT2D eigenvalue weighted by atomic mass is 32.2. The van der Waals surface area contributed by atoms with Crippen molar-refractivity contribution >= 4 is 46.7 Å². The standard InChI is InChI=1S/C26H23F3N6O2S/c1-36-23-4-2-3-21(15-23)35-13-14-38-25(35)34-33-16-18-5-7-19(8-6-18)24(30)32-17-31-20-9-11-22(12-10-20)37-26(27,28)29/h2-12,15-17H,13-14H2,1H3,(H2,30,31,32)/b33-16+,34-25-. The topological polar surface area (TPSA) is 97.2 Å². The fourth-order valence-electron chi connectivity index (χ4n) is 3.35. The first-order chi connectivity index (χ1) is 18.3. The molecule has 0 amide bonds. The second-order valence-electron chi connectivity index (χ2n) is 7.75. The molecule has 3 aromatic rings. The molecule has 196 valence electrons. The molecule has 0 aromatic heterocycles. The van der Waals surface area contributed by atoms with Gasteiger partial charge in [-0.25, -0.2) is 9.98 Å². The summed E-state index contributed by atoms with van der Waals surface area (Å²) in [5.41, 5.74) is 8.92. The molecule has 0 saturated carbocycles. The van der Waals surface area contributed by atoms with Gasteiger partial charge in [-0.2, -0.15) is 5.10 Å². The maximum Gasteiger partial charge on any atom is 0.573 e. The van der Waals surface area contributed by atoms with Crippen LogP contribution in [0.15, 0.2) is 93.0 Å². The van der Waals surface area contributed by atoms with Gasteiger partial charge in [-0.3, -0.25) is 0 Å². The molecular formula is C26H23F3N6O2S. The summed E-state index contributed by atoms with van der Waals surface area (Å²) in [7, 11) is 1.64. The number of nitrogens with zero attached hydrogens (tertiary/aromatic N) is 5. The first-order valence-corrected chi connectivity index (χ1v) is 12.3. The predicted molar refractivity (Wildman–Crippen MR) is 146 cm³/mol. The third-order valence-corrected chi connectivity index (χ3v) is 6.12. The number of hydrogen-bond donors (Lipinski definition) is 1. The second kappa shape index (κ2) is 12.3. The van der Waals surface area contributed by atoms with Crippen LogP contribution in [0.4, 0.5) is 24.5 Å². The molecule has 8 nitrogen and oxygen atoms in total. The van der Waals surface area contributed by atoms with E-state index >= 15 is 0 Å². The molecule has 0 spiro atoms. The Morgan fingerprint density at radius 2 is 1.79 bits per heavy atom. The summed E-state index contributed by atoms with van der Waals surface area (Å²) >= 11 is 1.63. The van der Waals surface area contributed by atoms with E-state index in [-0.39, 0.29) is 11.6 Å². The van der Waals surface area contributed by atoms with Crippen molar-refractivity contribution in [3.63, 3.8) is 0 Å². The van der Waals surface area contributed by atoms with Crippen molar-refractivity contribution in [3.8, 4) is 11.5 Å². The van der Waals surface area contributed by atoms with Gasteiger partial charge in [0.1, 0.15) is 23.7 Å². The summed E-state index contributed by atoms with van der Waals surface area (Å²) < 4.78 is 45.8. The highest BCUT2D eigenvalue weighted by molar-refractivity contribution is 8.14. The molecule has 0 bridgehead atoms. The molecule has 12 heteroatoms. The normalized spacial score (nSPS) is 15.6. The van der Waals surface area contributed by atoms with Crippen molar-refractivity contribution in [2.24, 2.45) is 25.9 Å². The lowest BCUT2D eigenvalue weighted by Gasteiger charge is -2.17. The number of benzene rings is 3. The van der Waals surface area contributed by atoms with Gasteiger partial charge in [0.15, 0.2) is 5.17 Å². The van der Waals surface area contributed by atoms with Gasteiger partial charge >= 0.3 is 6.36 Å². The lowest BCUT2D eigenvalue weighted by Crippen LogP contribution is -2.23. The van der Waals surface area contributed by atoms with Crippen molar-refractivity contribution in [2.75, 3.05) is 24.3 Å². The quantitative estimate of drug-likeness (QED) is 0.228. The molecular weight excluding hydrogens is 517 g/mol. The van der Waals surface area contributed by atoms with E-state index in [4.69, 9.17) is 10.5 Å². The van der Waals surface area contributed by atoms with Crippen LogP contribution < -0.4 is 20.1 Å². The average Bonchev–Trinajstić information content (AvgIpc) is 3.38. The fourth-order valence-corrected chi connectivity index (χ4v) is 4.27. The van der Waals surface area contributed by atoms with Crippen LogP contribution in [0.2, 0.25) is 0 Å². The Hall–Kier alpha value is -4.32. The minimum atomic E-state index is -4.74. The highest BCUT2D eigenvalue weighted by Crippen LogP contribution is 2.28. The van der Waals surface area contributed by atoms with Crippen LogP contribution in [-0.4, -0.2) is 49.3 Å². The molecule has 0 aliphatic carbocycles. The maximum absolute atomic E-state index is 12.2. The molecule has 1 saturated heterocycles. The number of methoxy groups -OCH3 is 1. The number of alkyl halides is 3. The van der Waals surface area contributed by atoms with Crippen LogP contribution in [0.25, 0.3) is 0 Å². The molecule has 38 heavy (non-hydrogen) atoms.